The molecule has 9 nitrogen and oxygen atoms in total. The van der Waals surface area contributed by atoms with Crippen LogP contribution in [0, 0.1) is 0 Å². The maximum Gasteiger partial charge on any atom is 0.494 e. The van der Waals surface area contributed by atoms with Crippen LogP contribution in [0.25, 0.3) is 34.2 Å². The maximum absolute atomic E-state index is 6.38. The van der Waals surface area contributed by atoms with Crippen LogP contribution < -0.4 is 16.4 Å². The van der Waals surface area contributed by atoms with Gasteiger partial charge in [-0.15, -0.1) is 0 Å². The Labute approximate surface area is 303 Å². The van der Waals surface area contributed by atoms with E-state index in [-0.39, 0.29) is 0 Å². The van der Waals surface area contributed by atoms with Gasteiger partial charge in [-0.25, -0.2) is 15.0 Å². The second-order valence-corrected chi connectivity index (χ2v) is 16.9. The Morgan fingerprint density at radius 3 is 0.980 bits per heavy atom. The molecule has 0 atom stereocenters. The predicted molar refractivity (Wildman–Crippen MR) is 203 cm³/mol. The molecule has 3 aliphatic rings. The molecule has 264 valence electrons. The van der Waals surface area contributed by atoms with E-state index in [0.717, 1.165) is 33.1 Å². The maximum atomic E-state index is 6.38. The van der Waals surface area contributed by atoms with Crippen molar-refractivity contribution >= 4 is 37.7 Å². The zero-order chi connectivity index (χ0) is 36.8. The lowest BCUT2D eigenvalue weighted by molar-refractivity contribution is 0.00578. The van der Waals surface area contributed by atoms with Crippen molar-refractivity contribution in [1.29, 1.82) is 0 Å². The van der Waals surface area contributed by atoms with Gasteiger partial charge in [-0.2, -0.15) is 0 Å². The van der Waals surface area contributed by atoms with Gasteiger partial charge in [-0.05, 0) is 99.5 Å². The highest BCUT2D eigenvalue weighted by molar-refractivity contribution is 6.63. The molecule has 0 N–H and O–H groups in total. The first kappa shape index (κ1) is 36.0. The Kier molecular flexibility index (Phi) is 8.53. The Balaban J connectivity index is 1.28. The number of benzene rings is 3. The van der Waals surface area contributed by atoms with Gasteiger partial charge in [0, 0.05) is 16.7 Å². The zero-order valence-corrected chi connectivity index (χ0v) is 32.0. The zero-order valence-electron chi connectivity index (χ0n) is 32.0. The van der Waals surface area contributed by atoms with Crippen LogP contribution >= 0.6 is 0 Å². The van der Waals surface area contributed by atoms with Crippen molar-refractivity contribution in [3.63, 3.8) is 0 Å². The van der Waals surface area contributed by atoms with Crippen LogP contribution in [0.4, 0.5) is 0 Å². The van der Waals surface area contributed by atoms with E-state index in [2.05, 4.69) is 83.1 Å². The van der Waals surface area contributed by atoms with E-state index in [1.165, 1.54) is 0 Å². The summed E-state index contributed by atoms with van der Waals surface area (Å²) in [6, 6.07) is 24.1. The quantitative estimate of drug-likeness (QED) is 0.235. The molecule has 3 aromatic carbocycles. The van der Waals surface area contributed by atoms with Crippen LogP contribution in [-0.2, 0) is 27.9 Å². The first-order chi connectivity index (χ1) is 23.7. The Morgan fingerprint density at radius 1 is 0.353 bits per heavy atom. The average molecular weight is 687 g/mol. The summed E-state index contributed by atoms with van der Waals surface area (Å²) in [5.74, 6) is 1.60. The summed E-state index contributed by atoms with van der Waals surface area (Å²) in [7, 11) is -1.51. The fraction of sp³-hybridized carbons (Fsp3) is 0.462. The van der Waals surface area contributed by atoms with Crippen molar-refractivity contribution in [3.8, 4) is 34.2 Å². The van der Waals surface area contributed by atoms with Crippen LogP contribution in [-0.4, -0.2) is 69.9 Å². The molecule has 1 aromatic heterocycles. The molecule has 0 saturated carbocycles. The molecule has 3 saturated heterocycles. The molecule has 7 rings (SSSR count). The second-order valence-electron chi connectivity index (χ2n) is 16.9. The SMILES string of the molecule is CC1(C)OB(c2ccc(-c3nc(-c4cccc(B5OC(C)(C)C(C)(C)O5)c4)nc(-c4cccc(B5OC(C)(C)C(C)(C)O5)c4)n3)cc2)OC1(C)C. The standard InChI is InChI=1S/C39H48B3N3O6/c1-34(2)35(3,4)47-40(46-34)28-21-19-25(20-22-28)31-43-32(26-15-13-17-29(23-26)41-48-36(5,6)37(7,8)49-41)45-33(44-31)27-16-14-18-30(24-27)42-50-38(9,10)39(11,12)51-42/h13-24H,1-12H3. The predicted octanol–water partition coefficient (Wildman–Crippen LogP) is 5.77. The molecule has 0 radical (unpaired) electrons. The molecule has 4 aromatic rings. The van der Waals surface area contributed by atoms with Crippen LogP contribution in [0.1, 0.15) is 83.1 Å². The van der Waals surface area contributed by atoms with E-state index in [1.54, 1.807) is 0 Å². The number of hydrogen-bond donors (Lipinski definition) is 0. The van der Waals surface area contributed by atoms with E-state index in [4.69, 9.17) is 42.9 Å². The Bertz CT molecular complexity index is 1820. The van der Waals surface area contributed by atoms with Gasteiger partial charge in [0.1, 0.15) is 0 Å². The van der Waals surface area contributed by atoms with Crippen molar-refractivity contribution in [3.05, 3.63) is 72.8 Å². The fourth-order valence-electron chi connectivity index (χ4n) is 6.14. The van der Waals surface area contributed by atoms with E-state index < -0.39 is 55.0 Å². The Hall–Kier alpha value is -3.38. The second kappa shape index (κ2) is 12.1. The molecule has 12 heteroatoms. The van der Waals surface area contributed by atoms with Crippen molar-refractivity contribution in [2.75, 3.05) is 0 Å². The van der Waals surface area contributed by atoms with Gasteiger partial charge < -0.3 is 27.9 Å². The molecule has 4 heterocycles. The highest BCUT2D eigenvalue weighted by Gasteiger charge is 2.53. The first-order valence-electron chi connectivity index (χ1n) is 17.8. The number of hydrogen-bond acceptors (Lipinski definition) is 9. The van der Waals surface area contributed by atoms with Gasteiger partial charge in [0.25, 0.3) is 0 Å². The normalized spacial score (nSPS) is 22.5. The molecular weight excluding hydrogens is 639 g/mol. The fourth-order valence-corrected chi connectivity index (χ4v) is 6.14. The summed E-state index contributed by atoms with van der Waals surface area (Å²) in [5, 5.41) is 0. The summed E-state index contributed by atoms with van der Waals surface area (Å²) in [5.41, 5.74) is 2.48. The lowest BCUT2D eigenvalue weighted by atomic mass is 9.78. The minimum atomic E-state index is -0.519. The lowest BCUT2D eigenvalue weighted by Gasteiger charge is -2.32. The highest BCUT2D eigenvalue weighted by atomic mass is 16.7. The van der Waals surface area contributed by atoms with Gasteiger partial charge in [0.15, 0.2) is 17.5 Å². The van der Waals surface area contributed by atoms with Gasteiger partial charge in [0.2, 0.25) is 0 Å². The molecule has 0 bridgehead atoms. The summed E-state index contributed by atoms with van der Waals surface area (Å²) < 4.78 is 38.1. The highest BCUT2D eigenvalue weighted by Crippen LogP contribution is 2.39. The van der Waals surface area contributed by atoms with E-state index >= 15 is 0 Å². The number of nitrogens with zero attached hydrogens (tertiary/aromatic N) is 3. The minimum absolute atomic E-state index is 0.433. The molecule has 51 heavy (non-hydrogen) atoms. The smallest absolute Gasteiger partial charge is 0.399 e. The Morgan fingerprint density at radius 2 is 0.647 bits per heavy atom. The minimum Gasteiger partial charge on any atom is -0.399 e. The largest absolute Gasteiger partial charge is 0.494 e. The lowest BCUT2D eigenvalue weighted by Crippen LogP contribution is -2.41. The monoisotopic (exact) mass is 687 g/mol. The molecule has 3 fully saturated rings. The topological polar surface area (TPSA) is 94.1 Å². The van der Waals surface area contributed by atoms with Crippen molar-refractivity contribution in [2.45, 2.75) is 117 Å². The molecule has 3 aliphatic heterocycles. The van der Waals surface area contributed by atoms with E-state index in [9.17, 15) is 0 Å². The molecular formula is C39H48B3N3O6. The van der Waals surface area contributed by atoms with Gasteiger partial charge in [-0.1, -0.05) is 72.8 Å². The van der Waals surface area contributed by atoms with Crippen molar-refractivity contribution < 1.29 is 27.9 Å². The van der Waals surface area contributed by atoms with E-state index in [0.29, 0.717) is 17.5 Å². The van der Waals surface area contributed by atoms with Crippen LogP contribution in [0.3, 0.4) is 0 Å². The molecule has 0 unspecified atom stereocenters. The first-order valence-corrected chi connectivity index (χ1v) is 17.8. The van der Waals surface area contributed by atoms with Crippen molar-refractivity contribution in [2.24, 2.45) is 0 Å². The summed E-state index contributed by atoms with van der Waals surface area (Å²) in [4.78, 5) is 15.1. The molecule has 0 spiro atoms. The van der Waals surface area contributed by atoms with Crippen LogP contribution in [0.15, 0.2) is 72.8 Å². The van der Waals surface area contributed by atoms with Crippen molar-refractivity contribution in [1.82, 2.24) is 15.0 Å². The third-order valence-corrected chi connectivity index (χ3v) is 11.7. The molecule has 0 aliphatic carbocycles. The molecule has 0 amide bonds. The number of aromatic nitrogens is 3. The number of rotatable bonds is 6. The summed E-state index contributed by atoms with van der Waals surface area (Å²) >= 11 is 0. The van der Waals surface area contributed by atoms with Gasteiger partial charge in [-0.3, -0.25) is 0 Å². The van der Waals surface area contributed by atoms with E-state index in [1.807, 2.05) is 72.8 Å². The third kappa shape index (κ3) is 6.49. The summed E-state index contributed by atoms with van der Waals surface area (Å²) in [6.45, 7) is 24.6. The van der Waals surface area contributed by atoms with Crippen LogP contribution in [0.5, 0.6) is 0 Å². The summed E-state index contributed by atoms with van der Waals surface area (Å²) in [6.07, 6.45) is 0. The third-order valence-electron chi connectivity index (χ3n) is 11.7. The van der Waals surface area contributed by atoms with Crippen LogP contribution in [0.2, 0.25) is 0 Å². The van der Waals surface area contributed by atoms with Gasteiger partial charge >= 0.3 is 21.4 Å². The van der Waals surface area contributed by atoms with Gasteiger partial charge in [0.05, 0.1) is 33.6 Å². The average Bonchev–Trinajstić information content (AvgIpc) is 3.53.